The number of aromatic nitrogens is 5. The standard InChI is InChI=1S/C20H18N6O2S/c1-2-28-15-8-6-14(7-9-15)22-19(27)13-29-20-24-23-18-11-10-17(25-26(18)20)16-5-3-4-12-21-16/h3-12H,2,13H2,1H3,(H,22,27). The summed E-state index contributed by atoms with van der Waals surface area (Å²) in [4.78, 5) is 16.6. The third-order valence-electron chi connectivity index (χ3n) is 3.94. The van der Waals surface area contributed by atoms with Gasteiger partial charge in [0, 0.05) is 11.9 Å². The highest BCUT2D eigenvalue weighted by atomic mass is 32.2. The molecule has 0 aliphatic rings. The van der Waals surface area contributed by atoms with Crippen LogP contribution in [-0.2, 0) is 4.79 Å². The first kappa shape index (κ1) is 18.9. The van der Waals surface area contributed by atoms with Crippen molar-refractivity contribution in [1.82, 2.24) is 24.8 Å². The summed E-state index contributed by atoms with van der Waals surface area (Å²) in [6.45, 7) is 2.53. The molecule has 3 aromatic heterocycles. The Kier molecular flexibility index (Phi) is 5.66. The summed E-state index contributed by atoms with van der Waals surface area (Å²) in [6, 6.07) is 16.6. The Bertz CT molecular complexity index is 1110. The van der Waals surface area contributed by atoms with Crippen molar-refractivity contribution in [2.75, 3.05) is 17.7 Å². The third-order valence-corrected chi connectivity index (χ3v) is 4.86. The van der Waals surface area contributed by atoms with Gasteiger partial charge in [0.05, 0.1) is 18.1 Å². The zero-order chi connectivity index (χ0) is 20.1. The highest BCUT2D eigenvalue weighted by molar-refractivity contribution is 7.99. The van der Waals surface area contributed by atoms with Gasteiger partial charge in [-0.05, 0) is 55.5 Å². The zero-order valence-corrected chi connectivity index (χ0v) is 16.5. The maximum atomic E-state index is 12.3. The number of hydrogen-bond acceptors (Lipinski definition) is 7. The summed E-state index contributed by atoms with van der Waals surface area (Å²) in [7, 11) is 0. The van der Waals surface area contributed by atoms with Gasteiger partial charge >= 0.3 is 0 Å². The van der Waals surface area contributed by atoms with Crippen LogP contribution in [0.2, 0.25) is 0 Å². The first-order valence-electron chi connectivity index (χ1n) is 9.02. The van der Waals surface area contributed by atoms with Crippen molar-refractivity contribution in [1.29, 1.82) is 0 Å². The van der Waals surface area contributed by atoms with E-state index in [1.165, 1.54) is 11.8 Å². The van der Waals surface area contributed by atoms with Gasteiger partial charge in [0.1, 0.15) is 11.4 Å². The number of carbonyl (C=O) groups is 1. The molecule has 1 N–H and O–H groups in total. The monoisotopic (exact) mass is 406 g/mol. The van der Waals surface area contributed by atoms with Gasteiger partial charge in [0.2, 0.25) is 11.1 Å². The van der Waals surface area contributed by atoms with Gasteiger partial charge in [0.15, 0.2) is 5.65 Å². The molecule has 0 fully saturated rings. The van der Waals surface area contributed by atoms with E-state index in [9.17, 15) is 4.79 Å². The molecule has 29 heavy (non-hydrogen) atoms. The van der Waals surface area contributed by atoms with Gasteiger partial charge in [-0.3, -0.25) is 9.78 Å². The van der Waals surface area contributed by atoms with Gasteiger partial charge < -0.3 is 10.1 Å². The fourth-order valence-corrected chi connectivity index (χ4v) is 3.33. The normalized spacial score (nSPS) is 10.8. The quantitative estimate of drug-likeness (QED) is 0.471. The minimum absolute atomic E-state index is 0.142. The molecular formula is C20H18N6O2S. The van der Waals surface area contributed by atoms with Crippen molar-refractivity contribution < 1.29 is 9.53 Å². The Morgan fingerprint density at radius 1 is 1.07 bits per heavy atom. The Balaban J connectivity index is 1.43. The molecule has 3 heterocycles. The van der Waals surface area contributed by atoms with Gasteiger partial charge in [-0.25, -0.2) is 0 Å². The first-order valence-corrected chi connectivity index (χ1v) is 10.0. The minimum atomic E-state index is -0.142. The lowest BCUT2D eigenvalue weighted by molar-refractivity contribution is -0.113. The molecule has 1 aromatic carbocycles. The van der Waals surface area contributed by atoms with Gasteiger partial charge in [-0.2, -0.15) is 9.61 Å². The Morgan fingerprint density at radius 3 is 2.69 bits per heavy atom. The maximum absolute atomic E-state index is 12.3. The number of nitrogens with zero attached hydrogens (tertiary/aromatic N) is 5. The summed E-state index contributed by atoms with van der Waals surface area (Å²) >= 11 is 1.27. The first-order chi connectivity index (χ1) is 14.2. The molecular weight excluding hydrogens is 388 g/mol. The average molecular weight is 406 g/mol. The fraction of sp³-hybridized carbons (Fsp3) is 0.150. The minimum Gasteiger partial charge on any atom is -0.494 e. The van der Waals surface area contributed by atoms with Crippen LogP contribution in [0.4, 0.5) is 5.69 Å². The van der Waals surface area contributed by atoms with Crippen molar-refractivity contribution in [3.8, 4) is 17.1 Å². The van der Waals surface area contributed by atoms with Crippen molar-refractivity contribution in [3.63, 3.8) is 0 Å². The fourth-order valence-electron chi connectivity index (χ4n) is 2.64. The second-order valence-corrected chi connectivity index (χ2v) is 6.92. The predicted octanol–water partition coefficient (Wildman–Crippen LogP) is 3.32. The average Bonchev–Trinajstić information content (AvgIpc) is 3.17. The topological polar surface area (TPSA) is 94.3 Å². The third kappa shape index (κ3) is 4.52. The van der Waals surface area contributed by atoms with Crippen LogP contribution in [0.25, 0.3) is 17.0 Å². The molecule has 0 atom stereocenters. The van der Waals surface area contributed by atoms with E-state index in [1.54, 1.807) is 22.8 Å². The smallest absolute Gasteiger partial charge is 0.234 e. The zero-order valence-electron chi connectivity index (χ0n) is 15.6. The SMILES string of the molecule is CCOc1ccc(NC(=O)CSc2nnc3ccc(-c4ccccn4)nn23)cc1. The Hall–Kier alpha value is -3.46. The molecule has 9 heteroatoms. The molecule has 0 aliphatic heterocycles. The molecule has 0 spiro atoms. The second-order valence-electron chi connectivity index (χ2n) is 5.98. The van der Waals surface area contributed by atoms with E-state index in [0.29, 0.717) is 28.8 Å². The lowest BCUT2D eigenvalue weighted by Gasteiger charge is -2.07. The maximum Gasteiger partial charge on any atom is 0.234 e. The summed E-state index contributed by atoms with van der Waals surface area (Å²) in [5.41, 5.74) is 2.78. The van der Waals surface area contributed by atoms with E-state index in [2.05, 4.69) is 25.6 Å². The van der Waals surface area contributed by atoms with E-state index >= 15 is 0 Å². The number of fused-ring (bicyclic) bond motifs is 1. The highest BCUT2D eigenvalue weighted by Crippen LogP contribution is 2.20. The van der Waals surface area contributed by atoms with E-state index in [0.717, 1.165) is 11.4 Å². The number of pyridine rings is 1. The second kappa shape index (κ2) is 8.70. The molecule has 1 amide bonds. The molecule has 4 aromatic rings. The number of rotatable bonds is 7. The van der Waals surface area contributed by atoms with Crippen molar-refractivity contribution >= 4 is 29.0 Å². The molecule has 0 unspecified atom stereocenters. The number of anilines is 1. The van der Waals surface area contributed by atoms with Crippen LogP contribution in [0, 0.1) is 0 Å². The van der Waals surface area contributed by atoms with Gasteiger partial charge in [0.25, 0.3) is 0 Å². The van der Waals surface area contributed by atoms with Crippen LogP contribution in [-0.4, -0.2) is 43.1 Å². The van der Waals surface area contributed by atoms with Crippen LogP contribution in [0.1, 0.15) is 6.92 Å². The molecule has 146 valence electrons. The number of benzene rings is 1. The molecule has 4 rings (SSSR count). The summed E-state index contributed by atoms with van der Waals surface area (Å²) < 4.78 is 7.02. The number of amides is 1. The summed E-state index contributed by atoms with van der Waals surface area (Å²) in [5.74, 6) is 0.810. The molecule has 0 saturated carbocycles. The largest absolute Gasteiger partial charge is 0.494 e. The number of ether oxygens (including phenoxy) is 1. The number of hydrogen-bond donors (Lipinski definition) is 1. The molecule has 0 radical (unpaired) electrons. The van der Waals surface area contributed by atoms with Gasteiger partial charge in [-0.1, -0.05) is 17.8 Å². The number of thioether (sulfide) groups is 1. The lowest BCUT2D eigenvalue weighted by Crippen LogP contribution is -2.14. The molecule has 0 bridgehead atoms. The van der Waals surface area contributed by atoms with Crippen LogP contribution in [0.5, 0.6) is 5.75 Å². The van der Waals surface area contributed by atoms with Gasteiger partial charge in [-0.15, -0.1) is 10.2 Å². The molecule has 8 nitrogen and oxygen atoms in total. The van der Waals surface area contributed by atoms with E-state index in [4.69, 9.17) is 4.74 Å². The van der Waals surface area contributed by atoms with Crippen LogP contribution >= 0.6 is 11.8 Å². The van der Waals surface area contributed by atoms with Crippen LogP contribution in [0.15, 0.2) is 66.0 Å². The number of nitrogens with one attached hydrogen (secondary N) is 1. The molecule has 0 aliphatic carbocycles. The molecule has 0 saturated heterocycles. The van der Waals surface area contributed by atoms with Crippen LogP contribution < -0.4 is 10.1 Å². The highest BCUT2D eigenvalue weighted by Gasteiger charge is 2.12. The lowest BCUT2D eigenvalue weighted by atomic mass is 10.2. The van der Waals surface area contributed by atoms with Crippen molar-refractivity contribution in [2.45, 2.75) is 12.1 Å². The van der Waals surface area contributed by atoms with E-state index in [1.807, 2.05) is 49.4 Å². The predicted molar refractivity (Wildman–Crippen MR) is 111 cm³/mol. The number of carbonyl (C=O) groups excluding carboxylic acids is 1. The summed E-state index contributed by atoms with van der Waals surface area (Å²) in [6.07, 6.45) is 1.72. The summed E-state index contributed by atoms with van der Waals surface area (Å²) in [5, 5.41) is 16.2. The Morgan fingerprint density at radius 2 is 1.93 bits per heavy atom. The van der Waals surface area contributed by atoms with Crippen LogP contribution in [0.3, 0.4) is 0 Å². The van der Waals surface area contributed by atoms with Crippen molar-refractivity contribution in [2.24, 2.45) is 0 Å². The van der Waals surface area contributed by atoms with Crippen molar-refractivity contribution in [3.05, 3.63) is 60.8 Å². The van der Waals surface area contributed by atoms with E-state index in [-0.39, 0.29) is 11.7 Å². The van der Waals surface area contributed by atoms with E-state index < -0.39 is 0 Å². The Labute approximate surface area is 171 Å².